The largest absolute Gasteiger partial charge is 0.398 e. The number of rotatable bonds is 7. The molecule has 96 valence electrons. The van der Waals surface area contributed by atoms with E-state index in [1.54, 1.807) is 14.2 Å². The topological polar surface area (TPSA) is 18.5 Å². The summed E-state index contributed by atoms with van der Waals surface area (Å²) in [5, 5.41) is 0. The molecule has 0 fully saturated rings. The van der Waals surface area contributed by atoms with Crippen LogP contribution >= 0.6 is 11.6 Å². The lowest BCUT2D eigenvalue weighted by Gasteiger charge is -2.30. The fraction of sp³-hybridized carbons (Fsp3) is 0.538. The van der Waals surface area contributed by atoms with Crippen LogP contribution in [0.5, 0.6) is 0 Å². The molecule has 0 N–H and O–H groups in total. The van der Waals surface area contributed by atoms with Crippen molar-refractivity contribution in [3.05, 3.63) is 35.9 Å². The summed E-state index contributed by atoms with van der Waals surface area (Å²) in [6, 6.07) is 10.4. The van der Waals surface area contributed by atoms with Gasteiger partial charge in [-0.15, -0.1) is 11.6 Å². The molecule has 0 heterocycles. The number of benzene rings is 1. The zero-order chi connectivity index (χ0) is 12.7. The summed E-state index contributed by atoms with van der Waals surface area (Å²) in [6.45, 7) is 2.07. The molecule has 0 amide bonds. The SMILES string of the molecule is CO[Si](C)(OC)C(CCl)CCc1ccccc1. The highest BCUT2D eigenvalue weighted by atomic mass is 35.5. The summed E-state index contributed by atoms with van der Waals surface area (Å²) in [7, 11) is 1.33. The van der Waals surface area contributed by atoms with E-state index in [2.05, 4.69) is 30.8 Å². The van der Waals surface area contributed by atoms with Crippen LogP contribution in [0.2, 0.25) is 12.1 Å². The minimum atomic E-state index is -2.11. The van der Waals surface area contributed by atoms with Crippen LogP contribution in [-0.4, -0.2) is 28.7 Å². The Labute approximate surface area is 110 Å². The fourth-order valence-corrected chi connectivity index (χ4v) is 4.66. The Morgan fingerprint density at radius 2 is 1.76 bits per heavy atom. The van der Waals surface area contributed by atoms with Crippen molar-refractivity contribution >= 4 is 20.2 Å². The summed E-state index contributed by atoms with van der Waals surface area (Å²) >= 11 is 6.05. The predicted octanol–water partition coefficient (Wildman–Crippen LogP) is 3.59. The molecule has 17 heavy (non-hydrogen) atoms. The van der Waals surface area contributed by atoms with E-state index < -0.39 is 8.56 Å². The van der Waals surface area contributed by atoms with Crippen LogP contribution < -0.4 is 0 Å². The molecular weight excluding hydrogens is 252 g/mol. The minimum absolute atomic E-state index is 0.319. The molecule has 1 unspecified atom stereocenters. The van der Waals surface area contributed by atoms with Crippen molar-refractivity contribution in [2.75, 3.05) is 20.1 Å². The van der Waals surface area contributed by atoms with E-state index in [1.165, 1.54) is 5.56 Å². The molecule has 0 aliphatic rings. The second-order valence-corrected chi connectivity index (χ2v) is 8.27. The Hall–Kier alpha value is -0.353. The van der Waals surface area contributed by atoms with Crippen LogP contribution in [-0.2, 0) is 15.3 Å². The minimum Gasteiger partial charge on any atom is -0.398 e. The number of alkyl halides is 1. The normalized spacial score (nSPS) is 13.6. The maximum Gasteiger partial charge on any atom is 0.338 e. The summed E-state index contributed by atoms with van der Waals surface area (Å²) < 4.78 is 11.1. The zero-order valence-electron chi connectivity index (χ0n) is 10.8. The molecule has 0 spiro atoms. The van der Waals surface area contributed by atoms with Gasteiger partial charge in [0.25, 0.3) is 0 Å². The first-order valence-corrected chi connectivity index (χ1v) is 8.79. The van der Waals surface area contributed by atoms with Crippen LogP contribution in [0.15, 0.2) is 30.3 Å². The Morgan fingerprint density at radius 3 is 2.24 bits per heavy atom. The van der Waals surface area contributed by atoms with Gasteiger partial charge in [-0.05, 0) is 25.0 Å². The maximum atomic E-state index is 6.05. The molecule has 0 saturated carbocycles. The molecule has 0 aliphatic carbocycles. The standard InChI is InChI=1S/C13H21ClO2Si/c1-15-17(3,16-2)13(11-14)10-9-12-7-5-4-6-8-12/h4-8,13H,9-11H2,1-3H3. The van der Waals surface area contributed by atoms with E-state index in [-0.39, 0.29) is 0 Å². The quantitative estimate of drug-likeness (QED) is 0.558. The average molecular weight is 273 g/mol. The van der Waals surface area contributed by atoms with E-state index in [4.69, 9.17) is 20.5 Å². The summed E-state index contributed by atoms with van der Waals surface area (Å²) in [5.41, 5.74) is 1.66. The Balaban J connectivity index is 2.59. The smallest absolute Gasteiger partial charge is 0.338 e. The van der Waals surface area contributed by atoms with Gasteiger partial charge in [0, 0.05) is 25.6 Å². The van der Waals surface area contributed by atoms with Crippen molar-refractivity contribution in [2.45, 2.75) is 24.9 Å². The maximum absolute atomic E-state index is 6.05. The van der Waals surface area contributed by atoms with E-state index in [1.807, 2.05) is 6.07 Å². The summed E-state index contributed by atoms with van der Waals surface area (Å²) in [5.74, 6) is 0.594. The van der Waals surface area contributed by atoms with Crippen LogP contribution in [0, 0.1) is 0 Å². The molecule has 1 aromatic rings. The Morgan fingerprint density at radius 1 is 1.18 bits per heavy atom. The molecular formula is C13H21ClO2Si. The highest BCUT2D eigenvalue weighted by Crippen LogP contribution is 2.29. The van der Waals surface area contributed by atoms with Gasteiger partial charge in [-0.3, -0.25) is 0 Å². The molecule has 1 atom stereocenters. The zero-order valence-corrected chi connectivity index (χ0v) is 12.5. The molecule has 4 heteroatoms. The fourth-order valence-electron chi connectivity index (χ4n) is 1.88. The molecule has 1 aromatic carbocycles. The lowest BCUT2D eigenvalue weighted by Crippen LogP contribution is -2.42. The monoisotopic (exact) mass is 272 g/mol. The Kier molecular flexibility index (Phi) is 6.20. The molecule has 0 aliphatic heterocycles. The van der Waals surface area contributed by atoms with Gasteiger partial charge in [-0.2, -0.15) is 0 Å². The molecule has 1 rings (SSSR count). The highest BCUT2D eigenvalue weighted by molar-refractivity contribution is 6.68. The lowest BCUT2D eigenvalue weighted by molar-refractivity contribution is 0.237. The predicted molar refractivity (Wildman–Crippen MR) is 74.9 cm³/mol. The van der Waals surface area contributed by atoms with Crippen LogP contribution in [0.25, 0.3) is 0 Å². The van der Waals surface area contributed by atoms with Gasteiger partial charge in [-0.25, -0.2) is 0 Å². The number of halogens is 1. The van der Waals surface area contributed by atoms with Crippen molar-refractivity contribution in [1.82, 2.24) is 0 Å². The third-order valence-corrected chi connectivity index (χ3v) is 7.59. The Bertz CT molecular complexity index is 314. The average Bonchev–Trinajstić information content (AvgIpc) is 2.40. The summed E-state index contributed by atoms with van der Waals surface area (Å²) in [4.78, 5) is 0. The van der Waals surface area contributed by atoms with E-state index in [0.717, 1.165) is 12.8 Å². The molecule has 0 radical (unpaired) electrons. The van der Waals surface area contributed by atoms with E-state index >= 15 is 0 Å². The second-order valence-electron chi connectivity index (χ2n) is 4.30. The number of hydrogen-bond donors (Lipinski definition) is 0. The van der Waals surface area contributed by atoms with Crippen molar-refractivity contribution in [3.63, 3.8) is 0 Å². The summed E-state index contributed by atoms with van der Waals surface area (Å²) in [6.07, 6.45) is 2.03. The van der Waals surface area contributed by atoms with Crippen LogP contribution in [0.1, 0.15) is 12.0 Å². The van der Waals surface area contributed by atoms with E-state index in [9.17, 15) is 0 Å². The molecule has 0 saturated heterocycles. The van der Waals surface area contributed by atoms with Gasteiger partial charge in [0.1, 0.15) is 0 Å². The van der Waals surface area contributed by atoms with Gasteiger partial charge in [0.05, 0.1) is 0 Å². The highest BCUT2D eigenvalue weighted by Gasteiger charge is 2.38. The first kappa shape index (κ1) is 14.7. The van der Waals surface area contributed by atoms with Crippen molar-refractivity contribution in [3.8, 4) is 0 Å². The molecule has 0 aromatic heterocycles. The van der Waals surface area contributed by atoms with Gasteiger partial charge in [0.2, 0.25) is 0 Å². The third-order valence-electron chi connectivity index (χ3n) is 3.36. The number of aryl methyl sites for hydroxylation is 1. The molecule has 0 bridgehead atoms. The van der Waals surface area contributed by atoms with Crippen molar-refractivity contribution in [1.29, 1.82) is 0 Å². The van der Waals surface area contributed by atoms with Crippen LogP contribution in [0.4, 0.5) is 0 Å². The van der Waals surface area contributed by atoms with Crippen molar-refractivity contribution < 1.29 is 8.85 Å². The molecule has 2 nitrogen and oxygen atoms in total. The first-order valence-electron chi connectivity index (χ1n) is 5.86. The first-order chi connectivity index (χ1) is 8.16. The van der Waals surface area contributed by atoms with Crippen molar-refractivity contribution in [2.24, 2.45) is 0 Å². The second kappa shape index (κ2) is 7.16. The number of hydrogen-bond acceptors (Lipinski definition) is 2. The lowest BCUT2D eigenvalue weighted by atomic mass is 10.1. The van der Waals surface area contributed by atoms with Gasteiger partial charge in [0.15, 0.2) is 0 Å². The third kappa shape index (κ3) is 4.10. The van der Waals surface area contributed by atoms with E-state index in [0.29, 0.717) is 11.4 Å². The van der Waals surface area contributed by atoms with Gasteiger partial charge >= 0.3 is 8.56 Å². The van der Waals surface area contributed by atoms with Crippen LogP contribution in [0.3, 0.4) is 0 Å². The van der Waals surface area contributed by atoms with Gasteiger partial charge < -0.3 is 8.85 Å². The van der Waals surface area contributed by atoms with Gasteiger partial charge in [-0.1, -0.05) is 30.3 Å².